The van der Waals surface area contributed by atoms with Crippen LogP contribution in [0.2, 0.25) is 0 Å². The second-order valence-corrected chi connectivity index (χ2v) is 20.0. The van der Waals surface area contributed by atoms with Gasteiger partial charge in [-0.05, 0) is 150 Å². The maximum absolute atomic E-state index is 14.0. The van der Waals surface area contributed by atoms with Crippen LogP contribution in [0.4, 0.5) is 0 Å². The number of carbonyl (C=O) groups is 3. The van der Waals surface area contributed by atoms with Crippen molar-refractivity contribution in [2.45, 2.75) is 151 Å². The molecule has 0 aromatic carbocycles. The number of likely N-dealkylation sites (tertiary alicyclic amines) is 1. The van der Waals surface area contributed by atoms with E-state index in [1.54, 1.807) is 13.8 Å². The highest BCUT2D eigenvalue weighted by atomic mass is 16.5. The van der Waals surface area contributed by atoms with Crippen molar-refractivity contribution in [3.63, 3.8) is 0 Å². The van der Waals surface area contributed by atoms with Crippen molar-refractivity contribution in [1.82, 2.24) is 10.2 Å². The second kappa shape index (κ2) is 12.4. The third-order valence-corrected chi connectivity index (χ3v) is 17.1. The molecule has 1 amide bonds. The first-order chi connectivity index (χ1) is 22.8. The van der Waals surface area contributed by atoms with Crippen molar-refractivity contribution < 1.29 is 24.2 Å². The van der Waals surface area contributed by atoms with E-state index in [-0.39, 0.29) is 45.6 Å². The number of carboxylic acids is 1. The Balaban J connectivity index is 1.24. The van der Waals surface area contributed by atoms with E-state index in [2.05, 4.69) is 58.3 Å². The Morgan fingerprint density at radius 1 is 0.898 bits per heavy atom. The van der Waals surface area contributed by atoms with Gasteiger partial charge in [0.1, 0.15) is 6.10 Å². The van der Waals surface area contributed by atoms with E-state index in [4.69, 9.17) is 4.74 Å². The van der Waals surface area contributed by atoms with Crippen LogP contribution in [0.15, 0.2) is 12.2 Å². The molecule has 7 nitrogen and oxygen atoms in total. The first-order valence-corrected chi connectivity index (χ1v) is 19.8. The smallest absolute Gasteiger partial charge is 0.309 e. The van der Waals surface area contributed by atoms with Crippen LogP contribution >= 0.6 is 0 Å². The number of amides is 1. The zero-order valence-electron chi connectivity index (χ0n) is 32.4. The standard InChI is InChI=1S/C42H68N2O5/c1-26(2)28-13-19-42(23-33(45)44-22-16-27(25-44)43-10)21-20-40(8)29(35(28)42)11-12-31-39(7)17-15-32(49-34(46)24-37(3,4)36(47)48)38(5,6)30(39)14-18-41(31,40)9/h27-32,35,43H,1,11-25H2,2-10H3,(H,47,48)/t27-,28+,29-,30+,31-,32+,35-,39+,40-,41-,42-/m1/s1. The van der Waals surface area contributed by atoms with Crippen LogP contribution in [0.1, 0.15) is 139 Å². The van der Waals surface area contributed by atoms with Crippen molar-refractivity contribution in [2.24, 2.45) is 62.1 Å². The van der Waals surface area contributed by atoms with Crippen LogP contribution in [0.5, 0.6) is 0 Å². The van der Waals surface area contributed by atoms with Crippen LogP contribution in [0, 0.1) is 62.1 Å². The molecule has 276 valence electrons. The molecule has 0 aromatic rings. The largest absolute Gasteiger partial charge is 0.481 e. The van der Waals surface area contributed by atoms with Gasteiger partial charge in [-0.3, -0.25) is 14.4 Å². The summed E-state index contributed by atoms with van der Waals surface area (Å²) >= 11 is 0. The molecule has 0 bridgehead atoms. The van der Waals surface area contributed by atoms with Gasteiger partial charge in [0.15, 0.2) is 0 Å². The van der Waals surface area contributed by atoms with Gasteiger partial charge in [0, 0.05) is 31.0 Å². The summed E-state index contributed by atoms with van der Waals surface area (Å²) < 4.78 is 6.18. The minimum Gasteiger partial charge on any atom is -0.481 e. The number of rotatable bonds is 8. The molecule has 11 atom stereocenters. The number of allylic oxidation sites excluding steroid dienone is 1. The summed E-state index contributed by atoms with van der Waals surface area (Å²) in [6.45, 7) is 24.3. The normalized spacial score (nSPS) is 44.3. The molecule has 6 rings (SSSR count). The molecule has 7 heteroatoms. The van der Waals surface area contributed by atoms with E-state index in [1.165, 1.54) is 37.7 Å². The lowest BCUT2D eigenvalue weighted by atomic mass is 9.32. The van der Waals surface area contributed by atoms with Gasteiger partial charge in [0.05, 0.1) is 11.8 Å². The third-order valence-electron chi connectivity index (χ3n) is 17.1. The predicted molar refractivity (Wildman–Crippen MR) is 194 cm³/mol. The Kier molecular flexibility index (Phi) is 9.31. The summed E-state index contributed by atoms with van der Waals surface area (Å²) in [6.07, 6.45) is 12.8. The topological polar surface area (TPSA) is 95.9 Å². The summed E-state index contributed by atoms with van der Waals surface area (Å²) in [5.74, 6) is 1.70. The number of likely N-dealkylation sites (N-methyl/N-ethyl adjacent to an activating group) is 1. The van der Waals surface area contributed by atoms with Crippen LogP contribution in [0.25, 0.3) is 0 Å². The number of fused-ring (bicyclic) bond motifs is 7. The zero-order valence-corrected chi connectivity index (χ0v) is 32.4. The van der Waals surface area contributed by atoms with Gasteiger partial charge in [-0.25, -0.2) is 0 Å². The lowest BCUT2D eigenvalue weighted by Crippen LogP contribution is -2.67. The first-order valence-electron chi connectivity index (χ1n) is 19.8. The summed E-state index contributed by atoms with van der Waals surface area (Å²) in [6, 6.07) is 0.418. The van der Waals surface area contributed by atoms with Crippen molar-refractivity contribution in [3.05, 3.63) is 12.2 Å². The van der Waals surface area contributed by atoms with Gasteiger partial charge in [-0.15, -0.1) is 0 Å². The van der Waals surface area contributed by atoms with Crippen LogP contribution < -0.4 is 5.32 Å². The molecule has 0 spiro atoms. The lowest BCUT2D eigenvalue weighted by molar-refractivity contribution is -0.250. The minimum atomic E-state index is -1.14. The fourth-order valence-corrected chi connectivity index (χ4v) is 14.0. The molecule has 5 saturated carbocycles. The van der Waals surface area contributed by atoms with E-state index < -0.39 is 11.4 Å². The molecule has 0 unspecified atom stereocenters. The molecular weight excluding hydrogens is 612 g/mol. The van der Waals surface area contributed by atoms with Crippen LogP contribution in [-0.2, 0) is 19.1 Å². The predicted octanol–water partition coefficient (Wildman–Crippen LogP) is 8.27. The van der Waals surface area contributed by atoms with Crippen molar-refractivity contribution in [1.29, 1.82) is 0 Å². The van der Waals surface area contributed by atoms with Gasteiger partial charge in [-0.1, -0.05) is 46.8 Å². The van der Waals surface area contributed by atoms with Gasteiger partial charge in [0.25, 0.3) is 0 Å². The molecule has 49 heavy (non-hydrogen) atoms. The average molecular weight is 681 g/mol. The summed E-state index contributed by atoms with van der Waals surface area (Å²) in [7, 11) is 2.02. The Morgan fingerprint density at radius 3 is 2.24 bits per heavy atom. The molecule has 5 aliphatic carbocycles. The fraction of sp³-hybridized carbons (Fsp3) is 0.881. The molecule has 6 fully saturated rings. The van der Waals surface area contributed by atoms with E-state index in [0.717, 1.165) is 51.6 Å². The highest BCUT2D eigenvalue weighted by Gasteiger charge is 2.71. The van der Waals surface area contributed by atoms with Crippen molar-refractivity contribution in [3.8, 4) is 0 Å². The van der Waals surface area contributed by atoms with E-state index in [9.17, 15) is 19.5 Å². The quantitative estimate of drug-likeness (QED) is 0.198. The highest BCUT2D eigenvalue weighted by Crippen LogP contribution is 2.78. The third kappa shape index (κ3) is 5.64. The summed E-state index contributed by atoms with van der Waals surface area (Å²) in [5, 5.41) is 13.0. The maximum Gasteiger partial charge on any atom is 0.309 e. The number of hydrogen-bond acceptors (Lipinski definition) is 5. The van der Waals surface area contributed by atoms with Crippen molar-refractivity contribution >= 4 is 17.8 Å². The second-order valence-electron chi connectivity index (χ2n) is 20.0. The Labute approximate surface area is 297 Å². The lowest BCUT2D eigenvalue weighted by Gasteiger charge is -2.73. The van der Waals surface area contributed by atoms with Crippen molar-refractivity contribution in [2.75, 3.05) is 20.1 Å². The number of esters is 1. The molecular formula is C42H68N2O5. The minimum absolute atomic E-state index is 0.0893. The Bertz CT molecular complexity index is 1360. The van der Waals surface area contributed by atoms with Gasteiger partial charge in [-0.2, -0.15) is 0 Å². The molecule has 0 radical (unpaired) electrons. The number of nitrogens with zero attached hydrogens (tertiary/aromatic N) is 1. The molecule has 2 N–H and O–H groups in total. The van der Waals surface area contributed by atoms with Gasteiger partial charge < -0.3 is 20.1 Å². The SMILES string of the molecule is C=C(C)[C@@H]1CC[C@]2(CC(=O)N3CC[C@@H](NC)C3)CC[C@]3(C)[C@H](CC[C@@H]4[C@@]5(C)CC[C@H](OC(=O)CC(C)(C)C(=O)O)C(C)(C)[C@@H]5CC[C@]43C)[C@@H]12. The number of aliphatic carboxylic acids is 1. The molecule has 1 heterocycles. The maximum atomic E-state index is 14.0. The zero-order chi connectivity index (χ0) is 35.9. The molecule has 1 saturated heterocycles. The van der Waals surface area contributed by atoms with Crippen LogP contribution in [-0.4, -0.2) is 60.1 Å². The molecule has 0 aromatic heterocycles. The fourth-order valence-electron chi connectivity index (χ4n) is 14.0. The number of hydrogen-bond donors (Lipinski definition) is 2. The Hall–Kier alpha value is -1.89. The van der Waals surface area contributed by atoms with E-state index >= 15 is 0 Å². The Morgan fingerprint density at radius 2 is 1.61 bits per heavy atom. The number of carbonyl (C=O) groups excluding carboxylic acids is 2. The highest BCUT2D eigenvalue weighted by molar-refractivity contribution is 5.81. The summed E-state index contributed by atoms with van der Waals surface area (Å²) in [5.41, 5.74) is 0.661. The first kappa shape index (κ1) is 36.9. The number of nitrogens with one attached hydrogen (secondary N) is 1. The number of ether oxygens (including phenoxy) is 1. The van der Waals surface area contributed by atoms with Gasteiger partial charge in [0.2, 0.25) is 5.91 Å². The van der Waals surface area contributed by atoms with E-state index in [0.29, 0.717) is 48.0 Å². The average Bonchev–Trinajstić information content (AvgIpc) is 3.64. The monoisotopic (exact) mass is 681 g/mol. The number of carboxylic acid groups (broad SMARTS) is 1. The van der Waals surface area contributed by atoms with Gasteiger partial charge >= 0.3 is 11.9 Å². The van der Waals surface area contributed by atoms with E-state index in [1.807, 2.05) is 7.05 Å². The van der Waals surface area contributed by atoms with Crippen LogP contribution in [0.3, 0.4) is 0 Å². The molecule has 6 aliphatic rings. The molecule has 1 aliphatic heterocycles. The summed E-state index contributed by atoms with van der Waals surface area (Å²) in [4.78, 5) is 40.9.